The molecule has 2 N–H and O–H groups in total. The molecule has 0 aliphatic heterocycles. The molecular formula is C25H28N2O2. The van der Waals surface area contributed by atoms with E-state index in [-0.39, 0.29) is 23.8 Å². The van der Waals surface area contributed by atoms with E-state index in [0.717, 1.165) is 21.9 Å². The molecule has 0 saturated carbocycles. The molecule has 3 aromatic carbocycles. The Kier molecular flexibility index (Phi) is 6.65. The maximum atomic E-state index is 12.6. The molecule has 1 atom stereocenters. The maximum absolute atomic E-state index is 12.6. The van der Waals surface area contributed by atoms with Crippen molar-refractivity contribution >= 4 is 22.6 Å². The first-order valence-corrected chi connectivity index (χ1v) is 10.1. The predicted molar refractivity (Wildman–Crippen MR) is 118 cm³/mol. The number of amides is 2. The van der Waals surface area contributed by atoms with Crippen LogP contribution in [0.1, 0.15) is 42.3 Å². The van der Waals surface area contributed by atoms with E-state index >= 15 is 0 Å². The minimum Gasteiger partial charge on any atom is -0.352 e. The number of carbonyl (C=O) groups is 2. The van der Waals surface area contributed by atoms with Crippen molar-refractivity contribution in [2.24, 2.45) is 5.92 Å². The van der Waals surface area contributed by atoms with E-state index in [9.17, 15) is 9.59 Å². The van der Waals surface area contributed by atoms with Crippen molar-refractivity contribution < 1.29 is 9.59 Å². The van der Waals surface area contributed by atoms with Gasteiger partial charge in [-0.25, -0.2) is 0 Å². The van der Waals surface area contributed by atoms with Gasteiger partial charge in [-0.2, -0.15) is 0 Å². The SMILES string of the molecule is CC(C)NC(=O)c1ccc(CC(C)C(=O)NCc2ccccc2)c2ccccc12. The summed E-state index contributed by atoms with van der Waals surface area (Å²) in [5.41, 5.74) is 2.82. The summed E-state index contributed by atoms with van der Waals surface area (Å²) in [6.45, 7) is 6.36. The lowest BCUT2D eigenvalue weighted by Gasteiger charge is -2.16. The van der Waals surface area contributed by atoms with Gasteiger partial charge in [0.05, 0.1) is 0 Å². The number of fused-ring (bicyclic) bond motifs is 1. The summed E-state index contributed by atoms with van der Waals surface area (Å²) < 4.78 is 0. The van der Waals surface area contributed by atoms with Crippen molar-refractivity contribution in [3.63, 3.8) is 0 Å². The number of nitrogens with one attached hydrogen (secondary N) is 2. The second-order valence-electron chi connectivity index (χ2n) is 7.75. The van der Waals surface area contributed by atoms with E-state index < -0.39 is 0 Å². The van der Waals surface area contributed by atoms with E-state index in [1.54, 1.807) is 0 Å². The zero-order valence-corrected chi connectivity index (χ0v) is 17.2. The molecule has 0 heterocycles. The van der Waals surface area contributed by atoms with Gasteiger partial charge in [-0.15, -0.1) is 0 Å². The predicted octanol–water partition coefficient (Wildman–Crippen LogP) is 4.47. The molecule has 2 amide bonds. The maximum Gasteiger partial charge on any atom is 0.252 e. The Bertz CT molecular complexity index is 996. The minimum atomic E-state index is -0.169. The zero-order chi connectivity index (χ0) is 20.8. The smallest absolute Gasteiger partial charge is 0.252 e. The van der Waals surface area contributed by atoms with E-state index in [2.05, 4.69) is 10.6 Å². The highest BCUT2D eigenvalue weighted by Gasteiger charge is 2.17. The van der Waals surface area contributed by atoms with Gasteiger partial charge in [-0.1, -0.05) is 67.6 Å². The highest BCUT2D eigenvalue weighted by molar-refractivity contribution is 6.08. The summed E-state index contributed by atoms with van der Waals surface area (Å²) in [6, 6.07) is 21.7. The lowest BCUT2D eigenvalue weighted by molar-refractivity contribution is -0.124. The molecule has 150 valence electrons. The van der Waals surface area contributed by atoms with Gasteiger partial charge in [0.1, 0.15) is 0 Å². The van der Waals surface area contributed by atoms with Gasteiger partial charge < -0.3 is 10.6 Å². The summed E-state index contributed by atoms with van der Waals surface area (Å²) in [5, 5.41) is 7.91. The Balaban J connectivity index is 1.76. The summed E-state index contributed by atoms with van der Waals surface area (Å²) >= 11 is 0. The molecule has 4 heteroatoms. The van der Waals surface area contributed by atoms with Gasteiger partial charge in [0.25, 0.3) is 5.91 Å². The van der Waals surface area contributed by atoms with Crippen molar-refractivity contribution in [3.05, 3.63) is 83.4 Å². The fraction of sp³-hybridized carbons (Fsp3) is 0.280. The van der Waals surface area contributed by atoms with E-state index in [4.69, 9.17) is 0 Å². The van der Waals surface area contributed by atoms with Crippen LogP contribution < -0.4 is 10.6 Å². The molecule has 29 heavy (non-hydrogen) atoms. The lowest BCUT2D eigenvalue weighted by Crippen LogP contribution is -2.30. The van der Waals surface area contributed by atoms with Crippen LogP contribution >= 0.6 is 0 Å². The molecule has 0 radical (unpaired) electrons. The fourth-order valence-electron chi connectivity index (χ4n) is 3.46. The van der Waals surface area contributed by atoms with Crippen LogP contribution in [0, 0.1) is 5.92 Å². The average Bonchev–Trinajstić information content (AvgIpc) is 2.72. The summed E-state index contributed by atoms with van der Waals surface area (Å²) in [4.78, 5) is 25.1. The van der Waals surface area contributed by atoms with Crippen LogP contribution in [0.5, 0.6) is 0 Å². The molecule has 0 spiro atoms. The van der Waals surface area contributed by atoms with E-state index in [0.29, 0.717) is 18.5 Å². The molecule has 1 unspecified atom stereocenters. The molecule has 0 saturated heterocycles. The molecule has 4 nitrogen and oxygen atoms in total. The molecule has 3 rings (SSSR count). The second-order valence-corrected chi connectivity index (χ2v) is 7.75. The third-order valence-electron chi connectivity index (χ3n) is 4.96. The molecule has 0 bridgehead atoms. The van der Waals surface area contributed by atoms with Gasteiger partial charge in [0.15, 0.2) is 0 Å². The van der Waals surface area contributed by atoms with E-state index in [1.807, 2.05) is 87.5 Å². The van der Waals surface area contributed by atoms with Crippen molar-refractivity contribution in [1.29, 1.82) is 0 Å². The van der Waals surface area contributed by atoms with Gasteiger partial charge in [0, 0.05) is 24.1 Å². The van der Waals surface area contributed by atoms with Gasteiger partial charge in [0.2, 0.25) is 5.91 Å². The zero-order valence-electron chi connectivity index (χ0n) is 17.2. The van der Waals surface area contributed by atoms with Gasteiger partial charge in [-0.05, 0) is 48.2 Å². The van der Waals surface area contributed by atoms with Crippen LogP contribution in [0.2, 0.25) is 0 Å². The Morgan fingerprint density at radius 2 is 1.48 bits per heavy atom. The first-order chi connectivity index (χ1) is 14.0. The molecule has 0 fully saturated rings. The number of benzene rings is 3. The van der Waals surface area contributed by atoms with Gasteiger partial charge >= 0.3 is 0 Å². The fourth-order valence-corrected chi connectivity index (χ4v) is 3.46. The Labute approximate surface area is 172 Å². The first kappa shape index (κ1) is 20.6. The minimum absolute atomic E-state index is 0.0274. The van der Waals surface area contributed by atoms with Crippen molar-refractivity contribution in [2.45, 2.75) is 39.8 Å². The normalized spacial score (nSPS) is 12.0. The highest BCUT2D eigenvalue weighted by Crippen LogP contribution is 2.25. The van der Waals surface area contributed by atoms with Crippen LogP contribution in [0.15, 0.2) is 66.7 Å². The van der Waals surface area contributed by atoms with Crippen LogP contribution in [-0.2, 0) is 17.8 Å². The monoisotopic (exact) mass is 388 g/mol. The molecular weight excluding hydrogens is 360 g/mol. The molecule has 0 aliphatic carbocycles. The Morgan fingerprint density at radius 3 is 2.17 bits per heavy atom. The van der Waals surface area contributed by atoms with Crippen LogP contribution in [-0.4, -0.2) is 17.9 Å². The van der Waals surface area contributed by atoms with Crippen LogP contribution in [0.4, 0.5) is 0 Å². The first-order valence-electron chi connectivity index (χ1n) is 10.1. The lowest BCUT2D eigenvalue weighted by atomic mass is 9.92. The summed E-state index contributed by atoms with van der Waals surface area (Å²) in [6.07, 6.45) is 0.618. The molecule has 0 aliphatic rings. The number of hydrogen-bond donors (Lipinski definition) is 2. The standard InChI is InChI=1S/C25H28N2O2/c1-17(2)27-25(29)23-14-13-20(21-11-7-8-12-22(21)23)15-18(3)24(28)26-16-19-9-5-4-6-10-19/h4-14,17-18H,15-16H2,1-3H3,(H,26,28)(H,27,29). The highest BCUT2D eigenvalue weighted by atomic mass is 16.2. The number of carbonyl (C=O) groups excluding carboxylic acids is 2. The largest absolute Gasteiger partial charge is 0.352 e. The topological polar surface area (TPSA) is 58.2 Å². The second kappa shape index (κ2) is 9.37. The van der Waals surface area contributed by atoms with Crippen molar-refractivity contribution in [1.82, 2.24) is 10.6 Å². The van der Waals surface area contributed by atoms with Crippen molar-refractivity contribution in [2.75, 3.05) is 0 Å². The third-order valence-corrected chi connectivity index (χ3v) is 4.96. The van der Waals surface area contributed by atoms with Crippen LogP contribution in [0.25, 0.3) is 10.8 Å². The molecule has 0 aromatic heterocycles. The Hall–Kier alpha value is -3.14. The summed E-state index contributed by atoms with van der Waals surface area (Å²) in [7, 11) is 0. The third kappa shape index (κ3) is 5.23. The quantitative estimate of drug-likeness (QED) is 0.627. The molecule has 3 aromatic rings. The summed E-state index contributed by atoms with van der Waals surface area (Å²) in [5.74, 6) is -0.214. The van der Waals surface area contributed by atoms with Crippen molar-refractivity contribution in [3.8, 4) is 0 Å². The van der Waals surface area contributed by atoms with Gasteiger partial charge in [-0.3, -0.25) is 9.59 Å². The Morgan fingerprint density at radius 1 is 0.828 bits per heavy atom. The average molecular weight is 389 g/mol. The number of hydrogen-bond acceptors (Lipinski definition) is 2. The number of rotatable bonds is 7. The van der Waals surface area contributed by atoms with Crippen LogP contribution in [0.3, 0.4) is 0 Å². The van der Waals surface area contributed by atoms with E-state index in [1.165, 1.54) is 0 Å².